The third-order valence-corrected chi connectivity index (χ3v) is 3.42. The fraction of sp³-hybridized carbons (Fsp3) is 0.375. The van der Waals surface area contributed by atoms with Crippen LogP contribution >= 0.6 is 11.6 Å². The molecule has 4 nitrogen and oxygen atoms in total. The van der Waals surface area contributed by atoms with Gasteiger partial charge in [-0.05, 0) is 43.0 Å². The lowest BCUT2D eigenvalue weighted by atomic mass is 10.0. The number of halogens is 1. The quantitative estimate of drug-likeness (QED) is 0.863. The Labute approximate surface area is 130 Å². The molecule has 2 rings (SSSR count). The highest BCUT2D eigenvalue weighted by Gasteiger charge is 2.11. The predicted octanol–water partition coefficient (Wildman–Crippen LogP) is 4.79. The van der Waals surface area contributed by atoms with Gasteiger partial charge in [0.1, 0.15) is 5.75 Å². The first-order valence-electron chi connectivity index (χ1n) is 7.06. The number of benzene rings is 1. The van der Waals surface area contributed by atoms with E-state index in [1.165, 1.54) is 0 Å². The average Bonchev–Trinajstić information content (AvgIpc) is 2.42. The van der Waals surface area contributed by atoms with E-state index < -0.39 is 0 Å². The first-order valence-corrected chi connectivity index (χ1v) is 7.43. The second-order valence-electron chi connectivity index (χ2n) is 5.14. The molecule has 0 amide bonds. The topological polar surface area (TPSA) is 47.0 Å². The van der Waals surface area contributed by atoms with Crippen molar-refractivity contribution in [1.82, 2.24) is 9.97 Å². The zero-order chi connectivity index (χ0) is 15.4. The summed E-state index contributed by atoms with van der Waals surface area (Å²) in [6, 6.07) is 5.65. The molecule has 1 N–H and O–H groups in total. The molecule has 21 heavy (non-hydrogen) atoms. The van der Waals surface area contributed by atoms with Gasteiger partial charge < -0.3 is 10.1 Å². The van der Waals surface area contributed by atoms with Crippen LogP contribution < -0.4 is 10.1 Å². The van der Waals surface area contributed by atoms with E-state index >= 15 is 0 Å². The van der Waals surface area contributed by atoms with Crippen molar-refractivity contribution in [3.8, 4) is 11.6 Å². The van der Waals surface area contributed by atoms with Crippen LogP contribution in [0.25, 0.3) is 0 Å². The highest BCUT2D eigenvalue weighted by atomic mass is 35.5. The van der Waals surface area contributed by atoms with Crippen LogP contribution in [0.3, 0.4) is 0 Å². The van der Waals surface area contributed by atoms with E-state index in [2.05, 4.69) is 29.1 Å². The molecule has 1 aromatic heterocycles. The van der Waals surface area contributed by atoms with Gasteiger partial charge in [-0.3, -0.25) is 0 Å². The molecule has 0 saturated carbocycles. The van der Waals surface area contributed by atoms with Crippen molar-refractivity contribution in [2.45, 2.75) is 33.6 Å². The van der Waals surface area contributed by atoms with Gasteiger partial charge in [-0.2, -0.15) is 4.98 Å². The summed E-state index contributed by atoms with van der Waals surface area (Å²) in [6.45, 7) is 8.94. The minimum Gasteiger partial charge on any atom is -0.439 e. The SMILES string of the molecule is CCNc1nccc(Oc2cc(C(C)C)c(Cl)cc2C)n1. The molecule has 0 atom stereocenters. The first-order chi connectivity index (χ1) is 10.0. The van der Waals surface area contributed by atoms with Gasteiger partial charge in [0.25, 0.3) is 0 Å². The smallest absolute Gasteiger partial charge is 0.225 e. The van der Waals surface area contributed by atoms with Gasteiger partial charge in [-0.15, -0.1) is 0 Å². The van der Waals surface area contributed by atoms with Crippen molar-refractivity contribution >= 4 is 17.5 Å². The third-order valence-electron chi connectivity index (χ3n) is 3.10. The van der Waals surface area contributed by atoms with Crippen LogP contribution in [-0.2, 0) is 0 Å². The maximum atomic E-state index is 6.27. The van der Waals surface area contributed by atoms with Crippen molar-refractivity contribution in [3.63, 3.8) is 0 Å². The number of aromatic nitrogens is 2. The summed E-state index contributed by atoms with van der Waals surface area (Å²) in [5.41, 5.74) is 2.05. The van der Waals surface area contributed by atoms with Crippen LogP contribution in [0.5, 0.6) is 11.6 Å². The van der Waals surface area contributed by atoms with E-state index in [1.54, 1.807) is 12.3 Å². The number of nitrogens with one attached hydrogen (secondary N) is 1. The highest BCUT2D eigenvalue weighted by Crippen LogP contribution is 2.33. The van der Waals surface area contributed by atoms with Crippen LogP contribution in [0.4, 0.5) is 5.95 Å². The zero-order valence-electron chi connectivity index (χ0n) is 12.8. The Kier molecular flexibility index (Phi) is 5.02. The summed E-state index contributed by atoms with van der Waals surface area (Å²) in [6.07, 6.45) is 1.68. The lowest BCUT2D eigenvalue weighted by molar-refractivity contribution is 0.458. The summed E-state index contributed by atoms with van der Waals surface area (Å²) in [7, 11) is 0. The van der Waals surface area contributed by atoms with Gasteiger partial charge in [0, 0.05) is 23.8 Å². The Balaban J connectivity index is 2.30. The molecular formula is C16H20ClN3O. The molecule has 0 spiro atoms. The Hall–Kier alpha value is -1.81. The van der Waals surface area contributed by atoms with E-state index in [0.717, 1.165) is 28.4 Å². The number of hydrogen-bond acceptors (Lipinski definition) is 4. The molecule has 0 aliphatic rings. The molecule has 0 bridgehead atoms. The standard InChI is InChI=1S/C16H20ClN3O/c1-5-18-16-19-7-6-15(20-16)21-14-9-12(10(2)3)13(17)8-11(14)4/h6-10H,5H2,1-4H3,(H,18,19,20). The Morgan fingerprint density at radius 3 is 2.76 bits per heavy atom. The van der Waals surface area contributed by atoms with Gasteiger partial charge >= 0.3 is 0 Å². The number of hydrogen-bond donors (Lipinski definition) is 1. The lowest BCUT2D eigenvalue weighted by Crippen LogP contribution is -2.02. The summed E-state index contributed by atoms with van der Waals surface area (Å²) in [5, 5.41) is 3.83. The molecule has 0 aliphatic heterocycles. The number of nitrogens with zero attached hydrogens (tertiary/aromatic N) is 2. The molecule has 5 heteroatoms. The van der Waals surface area contributed by atoms with Crippen molar-refractivity contribution in [3.05, 3.63) is 40.5 Å². The maximum absolute atomic E-state index is 6.27. The van der Waals surface area contributed by atoms with Gasteiger partial charge in [0.05, 0.1) is 0 Å². The zero-order valence-corrected chi connectivity index (χ0v) is 13.5. The van der Waals surface area contributed by atoms with E-state index in [-0.39, 0.29) is 0 Å². The van der Waals surface area contributed by atoms with Crippen LogP contribution in [0, 0.1) is 6.92 Å². The summed E-state index contributed by atoms with van der Waals surface area (Å²) >= 11 is 6.27. The van der Waals surface area contributed by atoms with Gasteiger partial charge in [-0.1, -0.05) is 25.4 Å². The first kappa shape index (κ1) is 15.6. The minimum absolute atomic E-state index is 0.336. The van der Waals surface area contributed by atoms with E-state index in [0.29, 0.717) is 17.7 Å². The largest absolute Gasteiger partial charge is 0.439 e. The maximum Gasteiger partial charge on any atom is 0.225 e. The molecule has 1 aromatic carbocycles. The normalized spacial score (nSPS) is 10.8. The van der Waals surface area contributed by atoms with Crippen LogP contribution in [0.2, 0.25) is 5.02 Å². The van der Waals surface area contributed by atoms with Crippen molar-refractivity contribution in [2.24, 2.45) is 0 Å². The van der Waals surface area contributed by atoms with E-state index in [1.807, 2.05) is 26.0 Å². The van der Waals surface area contributed by atoms with Crippen molar-refractivity contribution in [1.29, 1.82) is 0 Å². The van der Waals surface area contributed by atoms with Gasteiger partial charge in [0.2, 0.25) is 11.8 Å². The lowest BCUT2D eigenvalue weighted by Gasteiger charge is -2.14. The number of rotatable bonds is 5. The molecule has 0 radical (unpaired) electrons. The van der Waals surface area contributed by atoms with Gasteiger partial charge in [0.15, 0.2) is 0 Å². The molecule has 2 aromatic rings. The molecule has 112 valence electrons. The molecule has 0 saturated heterocycles. The fourth-order valence-electron chi connectivity index (χ4n) is 1.98. The Morgan fingerprint density at radius 2 is 2.10 bits per heavy atom. The molecule has 1 heterocycles. The molecule has 0 fully saturated rings. The van der Waals surface area contributed by atoms with Crippen LogP contribution in [-0.4, -0.2) is 16.5 Å². The van der Waals surface area contributed by atoms with E-state index in [4.69, 9.17) is 16.3 Å². The number of ether oxygens (including phenoxy) is 1. The van der Waals surface area contributed by atoms with Crippen molar-refractivity contribution in [2.75, 3.05) is 11.9 Å². The molecular weight excluding hydrogens is 286 g/mol. The minimum atomic E-state index is 0.336. The fourth-order valence-corrected chi connectivity index (χ4v) is 2.41. The Bertz CT molecular complexity index is 629. The highest BCUT2D eigenvalue weighted by molar-refractivity contribution is 6.31. The second-order valence-corrected chi connectivity index (χ2v) is 5.55. The van der Waals surface area contributed by atoms with Gasteiger partial charge in [-0.25, -0.2) is 4.98 Å². The molecule has 0 aliphatic carbocycles. The average molecular weight is 306 g/mol. The number of aryl methyl sites for hydroxylation is 1. The Morgan fingerprint density at radius 1 is 1.33 bits per heavy atom. The summed E-state index contributed by atoms with van der Waals surface area (Å²) in [5.74, 6) is 2.18. The number of anilines is 1. The van der Waals surface area contributed by atoms with E-state index in [9.17, 15) is 0 Å². The van der Waals surface area contributed by atoms with Crippen LogP contribution in [0.1, 0.15) is 37.8 Å². The second kappa shape index (κ2) is 6.76. The predicted molar refractivity (Wildman–Crippen MR) is 86.5 cm³/mol. The third kappa shape index (κ3) is 3.85. The summed E-state index contributed by atoms with van der Waals surface area (Å²) in [4.78, 5) is 8.45. The van der Waals surface area contributed by atoms with Crippen LogP contribution in [0.15, 0.2) is 24.4 Å². The molecule has 0 unspecified atom stereocenters. The monoisotopic (exact) mass is 305 g/mol. The summed E-state index contributed by atoms with van der Waals surface area (Å²) < 4.78 is 5.89. The van der Waals surface area contributed by atoms with Crippen molar-refractivity contribution < 1.29 is 4.74 Å².